The molecular formula is C11H14ClN. The lowest BCUT2D eigenvalue weighted by atomic mass is 9.94. The molecule has 1 aromatic rings. The first-order valence-electron chi connectivity index (χ1n) is 4.78. The van der Waals surface area contributed by atoms with Crippen molar-refractivity contribution in [2.45, 2.75) is 32.2 Å². The van der Waals surface area contributed by atoms with Gasteiger partial charge in [0.25, 0.3) is 0 Å². The molecular weight excluding hydrogens is 182 g/mol. The third-order valence-electron chi connectivity index (χ3n) is 2.84. The minimum absolute atomic E-state index is 0.540. The van der Waals surface area contributed by atoms with Gasteiger partial charge in [0.1, 0.15) is 0 Å². The molecule has 1 aromatic carbocycles. The van der Waals surface area contributed by atoms with Crippen LogP contribution in [0.25, 0.3) is 0 Å². The van der Waals surface area contributed by atoms with Crippen molar-refractivity contribution in [2.75, 3.05) is 5.32 Å². The molecule has 1 aliphatic heterocycles. The molecule has 0 saturated heterocycles. The highest BCUT2D eigenvalue weighted by Crippen LogP contribution is 2.38. The Bertz CT molecular complexity index is 322. The third-order valence-corrected chi connectivity index (χ3v) is 3.08. The van der Waals surface area contributed by atoms with E-state index < -0.39 is 0 Å². The number of rotatable bonds is 1. The normalized spacial score (nSPS) is 25.5. The van der Waals surface area contributed by atoms with E-state index in [4.69, 9.17) is 11.6 Å². The summed E-state index contributed by atoms with van der Waals surface area (Å²) < 4.78 is 0. The number of nitrogens with one attached hydrogen (secondary N) is 1. The van der Waals surface area contributed by atoms with Crippen molar-refractivity contribution in [3.8, 4) is 0 Å². The van der Waals surface area contributed by atoms with E-state index in [2.05, 4.69) is 25.2 Å². The fourth-order valence-corrected chi connectivity index (χ4v) is 2.34. The van der Waals surface area contributed by atoms with Gasteiger partial charge >= 0.3 is 0 Å². The summed E-state index contributed by atoms with van der Waals surface area (Å²) in [7, 11) is 0. The summed E-state index contributed by atoms with van der Waals surface area (Å²) in [5, 5.41) is 4.27. The zero-order chi connectivity index (χ0) is 9.42. The van der Waals surface area contributed by atoms with Crippen LogP contribution in [-0.2, 0) is 0 Å². The molecule has 0 amide bonds. The van der Waals surface area contributed by atoms with Gasteiger partial charge in [0.2, 0.25) is 0 Å². The molecule has 2 heteroatoms. The quantitative estimate of drug-likeness (QED) is 0.722. The van der Waals surface area contributed by atoms with E-state index in [1.54, 1.807) is 0 Å². The van der Waals surface area contributed by atoms with E-state index in [0.29, 0.717) is 12.0 Å². The number of hydrogen-bond acceptors (Lipinski definition) is 1. The van der Waals surface area contributed by atoms with Crippen LogP contribution in [0.4, 0.5) is 5.69 Å². The summed E-state index contributed by atoms with van der Waals surface area (Å²) in [6.07, 6.45) is 1.18. The standard InChI is InChI=1S/C11H14ClN/c1-3-9-7(2)13-11-6-8(12)4-5-10(9)11/h4-7,9,13H,3H2,1-2H3. The van der Waals surface area contributed by atoms with Gasteiger partial charge in [-0.1, -0.05) is 24.6 Å². The maximum absolute atomic E-state index is 5.92. The number of hydrogen-bond donors (Lipinski definition) is 1. The summed E-state index contributed by atoms with van der Waals surface area (Å²) in [4.78, 5) is 0. The average Bonchev–Trinajstić information content (AvgIpc) is 2.39. The average molecular weight is 196 g/mol. The molecule has 0 fully saturated rings. The molecule has 70 valence electrons. The largest absolute Gasteiger partial charge is 0.382 e. The van der Waals surface area contributed by atoms with Gasteiger partial charge in [-0.25, -0.2) is 0 Å². The lowest BCUT2D eigenvalue weighted by Crippen LogP contribution is -2.14. The van der Waals surface area contributed by atoms with Crippen LogP contribution >= 0.6 is 11.6 Å². The van der Waals surface area contributed by atoms with E-state index in [-0.39, 0.29) is 0 Å². The Hall–Kier alpha value is -0.690. The summed E-state index contributed by atoms with van der Waals surface area (Å²) in [6.45, 7) is 4.45. The monoisotopic (exact) mass is 195 g/mol. The Morgan fingerprint density at radius 3 is 2.92 bits per heavy atom. The first kappa shape index (κ1) is 8.89. The molecule has 0 aliphatic carbocycles. The van der Waals surface area contributed by atoms with Gasteiger partial charge in [-0.2, -0.15) is 0 Å². The zero-order valence-corrected chi connectivity index (χ0v) is 8.73. The minimum Gasteiger partial charge on any atom is -0.382 e. The molecule has 13 heavy (non-hydrogen) atoms. The van der Waals surface area contributed by atoms with Gasteiger partial charge in [0, 0.05) is 22.7 Å². The summed E-state index contributed by atoms with van der Waals surface area (Å²) in [5.74, 6) is 0.646. The summed E-state index contributed by atoms with van der Waals surface area (Å²) in [5.41, 5.74) is 2.63. The number of benzene rings is 1. The molecule has 1 nitrogen and oxygen atoms in total. The second-order valence-corrected chi connectivity index (χ2v) is 4.12. The maximum atomic E-state index is 5.92. The Morgan fingerprint density at radius 1 is 1.46 bits per heavy atom. The fraction of sp³-hybridized carbons (Fsp3) is 0.455. The van der Waals surface area contributed by atoms with Gasteiger partial charge in [-0.05, 0) is 31.0 Å². The second kappa shape index (κ2) is 3.22. The SMILES string of the molecule is CCC1c2ccc(Cl)cc2NC1C. The van der Waals surface area contributed by atoms with Gasteiger partial charge < -0.3 is 5.32 Å². The molecule has 0 saturated carbocycles. The van der Waals surface area contributed by atoms with Gasteiger partial charge in [0.05, 0.1) is 0 Å². The summed E-state index contributed by atoms with van der Waals surface area (Å²) in [6, 6.07) is 6.67. The Balaban J connectivity index is 2.42. The third kappa shape index (κ3) is 1.42. The Morgan fingerprint density at radius 2 is 2.23 bits per heavy atom. The van der Waals surface area contributed by atoms with Crippen LogP contribution in [0.1, 0.15) is 31.7 Å². The molecule has 2 unspecified atom stereocenters. The highest BCUT2D eigenvalue weighted by Gasteiger charge is 2.26. The van der Waals surface area contributed by atoms with E-state index >= 15 is 0 Å². The lowest BCUT2D eigenvalue weighted by molar-refractivity contribution is 0.613. The second-order valence-electron chi connectivity index (χ2n) is 3.68. The van der Waals surface area contributed by atoms with Crippen molar-refractivity contribution in [3.05, 3.63) is 28.8 Å². The van der Waals surface area contributed by atoms with Crippen molar-refractivity contribution in [2.24, 2.45) is 0 Å². The number of fused-ring (bicyclic) bond motifs is 1. The van der Waals surface area contributed by atoms with E-state index in [0.717, 1.165) is 5.02 Å². The molecule has 0 bridgehead atoms. The van der Waals surface area contributed by atoms with Crippen LogP contribution in [-0.4, -0.2) is 6.04 Å². The smallest absolute Gasteiger partial charge is 0.0426 e. The van der Waals surface area contributed by atoms with Crippen LogP contribution in [0.2, 0.25) is 5.02 Å². The minimum atomic E-state index is 0.540. The molecule has 0 spiro atoms. The van der Waals surface area contributed by atoms with Crippen molar-refractivity contribution in [1.29, 1.82) is 0 Å². The fourth-order valence-electron chi connectivity index (χ4n) is 2.17. The van der Waals surface area contributed by atoms with Crippen molar-refractivity contribution in [3.63, 3.8) is 0 Å². The molecule has 1 N–H and O–H groups in total. The van der Waals surface area contributed by atoms with Crippen LogP contribution in [0.15, 0.2) is 18.2 Å². The molecule has 0 radical (unpaired) electrons. The van der Waals surface area contributed by atoms with Gasteiger partial charge in [0.15, 0.2) is 0 Å². The van der Waals surface area contributed by atoms with Crippen LogP contribution < -0.4 is 5.32 Å². The number of anilines is 1. The number of halogens is 1. The predicted molar refractivity (Wildman–Crippen MR) is 57.6 cm³/mol. The topological polar surface area (TPSA) is 12.0 Å². The van der Waals surface area contributed by atoms with E-state index in [1.165, 1.54) is 17.7 Å². The highest BCUT2D eigenvalue weighted by molar-refractivity contribution is 6.30. The first-order chi connectivity index (χ1) is 6.22. The highest BCUT2D eigenvalue weighted by atomic mass is 35.5. The summed E-state index contributed by atoms with van der Waals surface area (Å²) >= 11 is 5.92. The van der Waals surface area contributed by atoms with E-state index in [9.17, 15) is 0 Å². The van der Waals surface area contributed by atoms with Crippen LogP contribution in [0, 0.1) is 0 Å². The molecule has 2 rings (SSSR count). The van der Waals surface area contributed by atoms with Crippen LogP contribution in [0.3, 0.4) is 0 Å². The van der Waals surface area contributed by atoms with Crippen molar-refractivity contribution in [1.82, 2.24) is 0 Å². The van der Waals surface area contributed by atoms with E-state index in [1.807, 2.05) is 12.1 Å². The Kier molecular flexibility index (Phi) is 2.20. The predicted octanol–water partition coefficient (Wildman–Crippen LogP) is 3.65. The van der Waals surface area contributed by atoms with Crippen LogP contribution in [0.5, 0.6) is 0 Å². The maximum Gasteiger partial charge on any atom is 0.0426 e. The van der Waals surface area contributed by atoms with Crippen molar-refractivity contribution < 1.29 is 0 Å². The van der Waals surface area contributed by atoms with Gasteiger partial charge in [-0.15, -0.1) is 0 Å². The molecule has 1 heterocycles. The zero-order valence-electron chi connectivity index (χ0n) is 7.97. The molecule has 0 aromatic heterocycles. The lowest BCUT2D eigenvalue weighted by Gasteiger charge is -2.12. The molecule has 1 aliphatic rings. The first-order valence-corrected chi connectivity index (χ1v) is 5.16. The molecule has 2 atom stereocenters. The van der Waals surface area contributed by atoms with Crippen molar-refractivity contribution >= 4 is 17.3 Å². The Labute approximate surface area is 84.1 Å². The van der Waals surface area contributed by atoms with Gasteiger partial charge in [-0.3, -0.25) is 0 Å².